The molecule has 1 aliphatic rings. The summed E-state index contributed by atoms with van der Waals surface area (Å²) in [6.07, 6.45) is 6.67. The van der Waals surface area contributed by atoms with Gasteiger partial charge in [0.2, 0.25) is 0 Å². The monoisotopic (exact) mass is 264 g/mol. The van der Waals surface area contributed by atoms with Crippen LogP contribution in [-0.2, 0) is 0 Å². The van der Waals surface area contributed by atoms with Crippen molar-refractivity contribution < 1.29 is 8.78 Å². The molecule has 0 aliphatic heterocycles. The summed E-state index contributed by atoms with van der Waals surface area (Å²) in [5.41, 5.74) is 0.103. The van der Waals surface area contributed by atoms with Gasteiger partial charge in [-0.1, -0.05) is 25.7 Å². The van der Waals surface area contributed by atoms with Crippen molar-refractivity contribution in [3.63, 3.8) is 0 Å². The zero-order valence-electron chi connectivity index (χ0n) is 10.8. The lowest BCUT2D eigenvalue weighted by Gasteiger charge is -2.20. The standard InChI is InChI=1S/C15H18F2N2/c16-11-7-8-14(17)13(9-11)15(10-18)19-12-5-3-1-2-4-6-12/h7-9,12,15,19H,1-6H2. The molecule has 1 unspecified atom stereocenters. The minimum absolute atomic E-state index is 0.103. The molecular formula is C15H18F2N2. The first-order valence-corrected chi connectivity index (χ1v) is 6.81. The number of nitriles is 1. The molecule has 0 saturated heterocycles. The van der Waals surface area contributed by atoms with Crippen LogP contribution in [0.4, 0.5) is 8.78 Å². The van der Waals surface area contributed by atoms with Crippen LogP contribution in [0, 0.1) is 23.0 Å². The second-order valence-corrected chi connectivity index (χ2v) is 5.08. The molecule has 0 aromatic heterocycles. The van der Waals surface area contributed by atoms with Gasteiger partial charge in [0.15, 0.2) is 0 Å². The van der Waals surface area contributed by atoms with Crippen molar-refractivity contribution in [3.05, 3.63) is 35.4 Å². The summed E-state index contributed by atoms with van der Waals surface area (Å²) in [6.45, 7) is 0. The molecule has 1 aromatic rings. The van der Waals surface area contributed by atoms with E-state index < -0.39 is 17.7 Å². The van der Waals surface area contributed by atoms with Crippen molar-refractivity contribution in [2.75, 3.05) is 0 Å². The Bertz CT molecular complexity index is 460. The zero-order chi connectivity index (χ0) is 13.7. The normalized spacial score (nSPS) is 18.6. The smallest absolute Gasteiger partial charge is 0.129 e. The van der Waals surface area contributed by atoms with Gasteiger partial charge in [-0.15, -0.1) is 0 Å². The molecule has 102 valence electrons. The van der Waals surface area contributed by atoms with Gasteiger partial charge in [-0.05, 0) is 31.0 Å². The molecule has 0 radical (unpaired) electrons. The quantitative estimate of drug-likeness (QED) is 0.842. The number of hydrogen-bond acceptors (Lipinski definition) is 2. The first kappa shape index (κ1) is 14.0. The summed E-state index contributed by atoms with van der Waals surface area (Å²) in [5.74, 6) is -1.05. The fourth-order valence-electron chi connectivity index (χ4n) is 2.61. The highest BCUT2D eigenvalue weighted by Crippen LogP contribution is 2.23. The van der Waals surface area contributed by atoms with Crippen LogP contribution in [0.5, 0.6) is 0 Å². The summed E-state index contributed by atoms with van der Waals surface area (Å²) < 4.78 is 26.9. The molecule has 19 heavy (non-hydrogen) atoms. The largest absolute Gasteiger partial charge is 0.295 e. The summed E-state index contributed by atoms with van der Waals surface area (Å²) in [7, 11) is 0. The van der Waals surface area contributed by atoms with E-state index in [1.807, 2.05) is 6.07 Å². The van der Waals surface area contributed by atoms with E-state index in [0.717, 1.165) is 43.9 Å². The molecular weight excluding hydrogens is 246 g/mol. The first-order chi connectivity index (χ1) is 9.20. The van der Waals surface area contributed by atoms with Gasteiger partial charge in [-0.25, -0.2) is 8.78 Å². The molecule has 0 bridgehead atoms. The predicted octanol–water partition coefficient (Wildman–Crippen LogP) is 3.84. The average Bonchev–Trinajstić information content (AvgIpc) is 2.67. The third kappa shape index (κ3) is 3.74. The van der Waals surface area contributed by atoms with Gasteiger partial charge in [-0.2, -0.15) is 5.26 Å². The maximum Gasteiger partial charge on any atom is 0.129 e. The number of hydrogen-bond donors (Lipinski definition) is 1. The maximum atomic E-state index is 13.7. The number of nitrogens with zero attached hydrogens (tertiary/aromatic N) is 1. The summed E-state index contributed by atoms with van der Waals surface area (Å²) in [5, 5.41) is 12.4. The SMILES string of the molecule is N#CC(NC1CCCCCC1)c1cc(F)ccc1F. The second kappa shape index (κ2) is 6.63. The summed E-state index contributed by atoms with van der Waals surface area (Å²) in [6, 6.07) is 4.72. The van der Waals surface area contributed by atoms with Crippen LogP contribution in [0.15, 0.2) is 18.2 Å². The van der Waals surface area contributed by atoms with Crippen LogP contribution in [-0.4, -0.2) is 6.04 Å². The predicted molar refractivity (Wildman–Crippen MR) is 69.3 cm³/mol. The van der Waals surface area contributed by atoms with E-state index >= 15 is 0 Å². The molecule has 0 amide bonds. The summed E-state index contributed by atoms with van der Waals surface area (Å²) in [4.78, 5) is 0. The minimum Gasteiger partial charge on any atom is -0.295 e. The Kier molecular flexibility index (Phi) is 4.86. The molecule has 2 rings (SSSR count). The molecule has 4 heteroatoms. The molecule has 1 saturated carbocycles. The van der Waals surface area contributed by atoms with Gasteiger partial charge in [0.05, 0.1) is 6.07 Å². The van der Waals surface area contributed by atoms with Crippen LogP contribution in [0.25, 0.3) is 0 Å². The van der Waals surface area contributed by atoms with Gasteiger partial charge in [0, 0.05) is 11.6 Å². The van der Waals surface area contributed by atoms with Crippen LogP contribution in [0.3, 0.4) is 0 Å². The Morgan fingerprint density at radius 1 is 1.16 bits per heavy atom. The highest BCUT2D eigenvalue weighted by atomic mass is 19.1. The molecule has 1 atom stereocenters. The second-order valence-electron chi connectivity index (χ2n) is 5.08. The van der Waals surface area contributed by atoms with Crippen LogP contribution in [0.2, 0.25) is 0 Å². The van der Waals surface area contributed by atoms with Gasteiger partial charge in [0.1, 0.15) is 17.7 Å². The van der Waals surface area contributed by atoms with E-state index in [1.165, 1.54) is 12.8 Å². The van der Waals surface area contributed by atoms with Crippen LogP contribution in [0.1, 0.15) is 50.1 Å². The van der Waals surface area contributed by atoms with Crippen molar-refractivity contribution in [2.45, 2.75) is 50.6 Å². The van der Waals surface area contributed by atoms with Crippen molar-refractivity contribution in [3.8, 4) is 6.07 Å². The average molecular weight is 264 g/mol. The van der Waals surface area contributed by atoms with E-state index in [-0.39, 0.29) is 11.6 Å². The molecule has 1 N–H and O–H groups in total. The minimum atomic E-state index is -0.779. The molecule has 1 fully saturated rings. The lowest BCUT2D eigenvalue weighted by Crippen LogP contribution is -2.32. The zero-order valence-corrected chi connectivity index (χ0v) is 10.8. The molecule has 0 heterocycles. The fraction of sp³-hybridized carbons (Fsp3) is 0.533. The Labute approximate surface area is 112 Å². The van der Waals surface area contributed by atoms with E-state index in [1.54, 1.807) is 0 Å². The number of benzene rings is 1. The van der Waals surface area contributed by atoms with Crippen molar-refractivity contribution in [2.24, 2.45) is 0 Å². The first-order valence-electron chi connectivity index (χ1n) is 6.81. The lowest BCUT2D eigenvalue weighted by atomic mass is 10.0. The maximum absolute atomic E-state index is 13.7. The molecule has 0 spiro atoms. The van der Waals surface area contributed by atoms with E-state index in [9.17, 15) is 14.0 Å². The Balaban J connectivity index is 2.11. The topological polar surface area (TPSA) is 35.8 Å². The fourth-order valence-corrected chi connectivity index (χ4v) is 2.61. The highest BCUT2D eigenvalue weighted by molar-refractivity contribution is 5.26. The number of rotatable bonds is 3. The molecule has 1 aliphatic carbocycles. The van der Waals surface area contributed by atoms with Gasteiger partial charge in [-0.3, -0.25) is 5.32 Å². The van der Waals surface area contributed by atoms with E-state index in [4.69, 9.17) is 0 Å². The molecule has 2 nitrogen and oxygen atoms in total. The van der Waals surface area contributed by atoms with E-state index in [2.05, 4.69) is 5.32 Å². The molecule has 1 aromatic carbocycles. The third-order valence-electron chi connectivity index (χ3n) is 3.66. The summed E-state index contributed by atoms with van der Waals surface area (Å²) >= 11 is 0. The van der Waals surface area contributed by atoms with Gasteiger partial charge < -0.3 is 0 Å². The highest BCUT2D eigenvalue weighted by Gasteiger charge is 2.21. The van der Waals surface area contributed by atoms with Crippen molar-refractivity contribution >= 4 is 0 Å². The van der Waals surface area contributed by atoms with Crippen LogP contribution >= 0.6 is 0 Å². The van der Waals surface area contributed by atoms with Crippen molar-refractivity contribution in [1.82, 2.24) is 5.32 Å². The van der Waals surface area contributed by atoms with Gasteiger partial charge in [0.25, 0.3) is 0 Å². The Hall–Kier alpha value is -1.47. The Morgan fingerprint density at radius 3 is 2.47 bits per heavy atom. The van der Waals surface area contributed by atoms with Crippen molar-refractivity contribution in [1.29, 1.82) is 5.26 Å². The van der Waals surface area contributed by atoms with Gasteiger partial charge >= 0.3 is 0 Å². The number of halogens is 2. The van der Waals surface area contributed by atoms with E-state index in [0.29, 0.717) is 0 Å². The Morgan fingerprint density at radius 2 is 1.84 bits per heavy atom. The van der Waals surface area contributed by atoms with Crippen LogP contribution < -0.4 is 5.32 Å². The third-order valence-corrected chi connectivity index (χ3v) is 3.66. The number of nitrogens with one attached hydrogen (secondary N) is 1. The lowest BCUT2D eigenvalue weighted by molar-refractivity contribution is 0.427.